The number of carboxylic acids is 1. The fourth-order valence-corrected chi connectivity index (χ4v) is 5.08. The molecule has 34 heavy (non-hydrogen) atoms. The largest absolute Gasteiger partial charge is 0.478 e. The quantitative estimate of drug-likeness (QED) is 0.350. The van der Waals surface area contributed by atoms with E-state index in [0.717, 1.165) is 61.9 Å². The van der Waals surface area contributed by atoms with Crippen LogP contribution in [0.3, 0.4) is 0 Å². The molecule has 5 nitrogen and oxygen atoms in total. The van der Waals surface area contributed by atoms with Gasteiger partial charge >= 0.3 is 5.97 Å². The van der Waals surface area contributed by atoms with Crippen molar-refractivity contribution in [3.8, 4) is 11.4 Å². The maximum Gasteiger partial charge on any atom is 0.335 e. The first-order valence-electron chi connectivity index (χ1n) is 12.8. The van der Waals surface area contributed by atoms with E-state index in [1.807, 2.05) is 18.2 Å². The summed E-state index contributed by atoms with van der Waals surface area (Å²) in [7, 11) is 0. The number of carboxylic acid groups (broad SMARTS) is 1. The zero-order valence-corrected chi connectivity index (χ0v) is 20.3. The number of carbonyl (C=O) groups is 1. The third-order valence-corrected chi connectivity index (χ3v) is 6.94. The van der Waals surface area contributed by atoms with Gasteiger partial charge in [-0.05, 0) is 42.9 Å². The lowest BCUT2D eigenvalue weighted by Gasteiger charge is -2.30. The van der Waals surface area contributed by atoms with Gasteiger partial charge in [-0.25, -0.2) is 9.78 Å². The van der Waals surface area contributed by atoms with Gasteiger partial charge in [-0.3, -0.25) is 4.90 Å². The van der Waals surface area contributed by atoms with E-state index < -0.39 is 5.97 Å². The van der Waals surface area contributed by atoms with Crippen molar-refractivity contribution in [2.45, 2.75) is 71.5 Å². The Morgan fingerprint density at radius 3 is 2.44 bits per heavy atom. The minimum atomic E-state index is -0.876. The van der Waals surface area contributed by atoms with Crippen LogP contribution in [0.1, 0.15) is 73.5 Å². The molecule has 4 rings (SSSR count). The van der Waals surface area contributed by atoms with Crippen LogP contribution in [0.15, 0.2) is 60.8 Å². The lowest BCUT2D eigenvalue weighted by atomic mass is 9.89. The summed E-state index contributed by atoms with van der Waals surface area (Å²) < 4.78 is 2.40. The van der Waals surface area contributed by atoms with E-state index in [1.54, 1.807) is 12.1 Å². The molecule has 0 aliphatic heterocycles. The van der Waals surface area contributed by atoms with Gasteiger partial charge in [0, 0.05) is 31.7 Å². The van der Waals surface area contributed by atoms with Crippen LogP contribution in [0.25, 0.3) is 11.4 Å². The second kappa shape index (κ2) is 12.0. The highest BCUT2D eigenvalue weighted by molar-refractivity contribution is 5.87. The summed E-state index contributed by atoms with van der Waals surface area (Å²) in [6, 6.07) is 17.8. The Balaban J connectivity index is 1.58. The van der Waals surface area contributed by atoms with Crippen molar-refractivity contribution in [2.24, 2.45) is 5.92 Å². The molecular weight excluding hydrogens is 422 g/mol. The number of imidazole rings is 1. The predicted octanol–water partition coefficient (Wildman–Crippen LogP) is 6.63. The van der Waals surface area contributed by atoms with E-state index >= 15 is 0 Å². The van der Waals surface area contributed by atoms with Crippen LogP contribution >= 0.6 is 0 Å². The van der Waals surface area contributed by atoms with Gasteiger partial charge in [0.15, 0.2) is 0 Å². The third-order valence-electron chi connectivity index (χ3n) is 6.94. The van der Waals surface area contributed by atoms with E-state index in [-0.39, 0.29) is 0 Å². The monoisotopic (exact) mass is 459 g/mol. The minimum Gasteiger partial charge on any atom is -0.478 e. The Labute approximate surface area is 203 Å². The summed E-state index contributed by atoms with van der Waals surface area (Å²) >= 11 is 0. The van der Waals surface area contributed by atoms with Crippen LogP contribution in [-0.4, -0.2) is 32.1 Å². The number of hydrogen-bond donors (Lipinski definition) is 1. The molecule has 2 aromatic carbocycles. The number of hydrogen-bond acceptors (Lipinski definition) is 3. The SMILES string of the molecule is CCCCn1c(CN(Cc2ccc(C(=O)O)cc2)CC2CCCCC2)cnc1-c1ccccc1. The molecule has 1 saturated carbocycles. The number of nitrogens with zero attached hydrogens (tertiary/aromatic N) is 3. The number of unbranched alkanes of at least 4 members (excludes halogenated alkanes) is 1. The Kier molecular flexibility index (Phi) is 8.53. The maximum absolute atomic E-state index is 11.3. The summed E-state index contributed by atoms with van der Waals surface area (Å²) in [5, 5.41) is 9.25. The highest BCUT2D eigenvalue weighted by Gasteiger charge is 2.20. The average molecular weight is 460 g/mol. The molecule has 0 radical (unpaired) electrons. The molecule has 0 amide bonds. The van der Waals surface area contributed by atoms with Crippen LogP contribution in [0, 0.1) is 5.92 Å². The fourth-order valence-electron chi connectivity index (χ4n) is 5.08. The normalized spacial score (nSPS) is 14.5. The van der Waals surface area contributed by atoms with Crippen LogP contribution in [0.4, 0.5) is 0 Å². The maximum atomic E-state index is 11.3. The van der Waals surface area contributed by atoms with Gasteiger partial charge in [-0.15, -0.1) is 0 Å². The third kappa shape index (κ3) is 6.35. The topological polar surface area (TPSA) is 58.4 Å². The molecule has 0 saturated heterocycles. The Morgan fingerprint density at radius 2 is 1.76 bits per heavy atom. The number of benzene rings is 2. The number of aromatic nitrogens is 2. The molecule has 180 valence electrons. The van der Waals surface area contributed by atoms with Gasteiger partial charge < -0.3 is 9.67 Å². The standard InChI is InChI=1S/C29H37N3O2/c1-2-3-18-32-27(19-30-28(32)25-12-8-5-9-13-25)22-31(20-23-10-6-4-7-11-23)21-24-14-16-26(17-15-24)29(33)34/h5,8-9,12-17,19,23H,2-4,6-7,10-11,18,20-22H2,1H3,(H,33,34). The molecule has 0 bridgehead atoms. The second-order valence-corrected chi connectivity index (χ2v) is 9.62. The molecule has 5 heteroatoms. The molecule has 1 aliphatic carbocycles. The minimum absolute atomic E-state index is 0.340. The van der Waals surface area contributed by atoms with Crippen LogP contribution in [-0.2, 0) is 19.6 Å². The van der Waals surface area contributed by atoms with Crippen LogP contribution < -0.4 is 0 Å². The molecule has 1 fully saturated rings. The van der Waals surface area contributed by atoms with Gasteiger partial charge in [0.1, 0.15) is 5.82 Å². The van der Waals surface area contributed by atoms with Crippen molar-refractivity contribution in [3.05, 3.63) is 77.6 Å². The highest BCUT2D eigenvalue weighted by atomic mass is 16.4. The molecule has 3 aromatic rings. The summed E-state index contributed by atoms with van der Waals surface area (Å²) in [5.41, 5.74) is 3.91. The zero-order valence-electron chi connectivity index (χ0n) is 20.3. The predicted molar refractivity (Wildman–Crippen MR) is 137 cm³/mol. The van der Waals surface area contributed by atoms with E-state index in [2.05, 4.69) is 46.9 Å². The number of rotatable bonds is 11. The smallest absolute Gasteiger partial charge is 0.335 e. The van der Waals surface area contributed by atoms with Crippen molar-refractivity contribution in [1.29, 1.82) is 0 Å². The van der Waals surface area contributed by atoms with Gasteiger partial charge in [0.25, 0.3) is 0 Å². The molecule has 1 aliphatic rings. The lowest BCUT2D eigenvalue weighted by Crippen LogP contribution is -2.31. The average Bonchev–Trinajstić information content (AvgIpc) is 3.26. The summed E-state index contributed by atoms with van der Waals surface area (Å²) in [5.74, 6) is 0.902. The number of aromatic carboxylic acids is 1. The van der Waals surface area contributed by atoms with Gasteiger partial charge in [0.2, 0.25) is 0 Å². The molecular formula is C29H37N3O2. The lowest BCUT2D eigenvalue weighted by molar-refractivity contribution is 0.0697. The van der Waals surface area contributed by atoms with Gasteiger partial charge in [-0.1, -0.05) is 75.1 Å². The zero-order chi connectivity index (χ0) is 23.8. The first-order chi connectivity index (χ1) is 16.6. The van der Waals surface area contributed by atoms with Crippen molar-refractivity contribution < 1.29 is 9.90 Å². The van der Waals surface area contributed by atoms with Crippen molar-refractivity contribution >= 4 is 5.97 Å². The first-order valence-corrected chi connectivity index (χ1v) is 12.8. The molecule has 0 atom stereocenters. The summed E-state index contributed by atoms with van der Waals surface area (Å²) in [4.78, 5) is 18.7. The van der Waals surface area contributed by atoms with Crippen LogP contribution in [0.2, 0.25) is 0 Å². The summed E-state index contributed by atoms with van der Waals surface area (Å²) in [6.45, 7) is 5.94. The molecule has 1 aromatic heterocycles. The van der Waals surface area contributed by atoms with E-state index in [0.29, 0.717) is 5.56 Å². The second-order valence-electron chi connectivity index (χ2n) is 9.62. The van der Waals surface area contributed by atoms with Crippen molar-refractivity contribution in [2.75, 3.05) is 6.54 Å². The fraction of sp³-hybridized carbons (Fsp3) is 0.448. The van der Waals surface area contributed by atoms with E-state index in [4.69, 9.17) is 4.98 Å². The molecule has 1 N–H and O–H groups in total. The van der Waals surface area contributed by atoms with Gasteiger partial charge in [-0.2, -0.15) is 0 Å². The Hall–Kier alpha value is -2.92. The van der Waals surface area contributed by atoms with Gasteiger partial charge in [0.05, 0.1) is 17.5 Å². The van der Waals surface area contributed by atoms with E-state index in [1.165, 1.54) is 37.8 Å². The first kappa shape index (κ1) is 24.2. The highest BCUT2D eigenvalue weighted by Crippen LogP contribution is 2.27. The molecule has 0 spiro atoms. The van der Waals surface area contributed by atoms with Crippen molar-refractivity contribution in [3.63, 3.8) is 0 Å². The van der Waals surface area contributed by atoms with E-state index in [9.17, 15) is 9.90 Å². The molecule has 0 unspecified atom stereocenters. The summed E-state index contributed by atoms with van der Waals surface area (Å²) in [6.07, 6.45) is 11.0. The molecule has 1 heterocycles. The Morgan fingerprint density at radius 1 is 1.03 bits per heavy atom. The Bertz CT molecular complexity index is 1040. The van der Waals surface area contributed by atoms with Crippen LogP contribution in [0.5, 0.6) is 0 Å². The van der Waals surface area contributed by atoms with Crippen molar-refractivity contribution in [1.82, 2.24) is 14.5 Å².